The lowest BCUT2D eigenvalue weighted by Gasteiger charge is -2.21. The van der Waals surface area contributed by atoms with Crippen molar-refractivity contribution in [3.63, 3.8) is 0 Å². The molecule has 0 aliphatic carbocycles. The Morgan fingerprint density at radius 1 is 1.39 bits per heavy atom. The molecule has 1 fully saturated rings. The van der Waals surface area contributed by atoms with Gasteiger partial charge in [0.05, 0.1) is 6.33 Å². The Bertz CT molecular complexity index is 1230. The first-order valence-corrected chi connectivity index (χ1v) is 11.4. The average Bonchev–Trinajstić information content (AvgIpc) is 3.47. The van der Waals surface area contributed by atoms with Crippen LogP contribution >= 0.6 is 27.7 Å². The van der Waals surface area contributed by atoms with Gasteiger partial charge in [0, 0.05) is 28.5 Å². The monoisotopic (exact) mass is 506 g/mol. The van der Waals surface area contributed by atoms with Crippen molar-refractivity contribution in [3.05, 3.63) is 28.4 Å². The van der Waals surface area contributed by atoms with Crippen molar-refractivity contribution in [1.82, 2.24) is 24.4 Å². The van der Waals surface area contributed by atoms with Crippen LogP contribution in [-0.2, 0) is 6.54 Å². The number of imidazole rings is 1. The third kappa shape index (κ3) is 3.85. The molecule has 4 heterocycles. The van der Waals surface area contributed by atoms with Crippen molar-refractivity contribution in [2.24, 2.45) is 0 Å². The number of aromatic nitrogens is 4. The predicted molar refractivity (Wildman–Crippen MR) is 114 cm³/mol. The zero-order valence-electron chi connectivity index (χ0n) is 16.3. The molecule has 31 heavy (non-hydrogen) atoms. The molecule has 1 saturated heterocycles. The maximum Gasteiger partial charge on any atom is 0.407 e. The maximum atomic E-state index is 11.4. The first kappa shape index (κ1) is 20.2. The fourth-order valence-corrected chi connectivity index (χ4v) is 5.31. The van der Waals surface area contributed by atoms with Gasteiger partial charge < -0.3 is 29.0 Å². The molecule has 12 heteroatoms. The molecule has 0 bridgehead atoms. The second-order valence-electron chi connectivity index (χ2n) is 7.33. The van der Waals surface area contributed by atoms with Crippen LogP contribution in [0.5, 0.6) is 11.5 Å². The Balaban J connectivity index is 1.40. The van der Waals surface area contributed by atoms with Gasteiger partial charge in [0.15, 0.2) is 27.8 Å². The van der Waals surface area contributed by atoms with Crippen LogP contribution in [-0.4, -0.2) is 55.0 Å². The van der Waals surface area contributed by atoms with Crippen molar-refractivity contribution >= 4 is 44.9 Å². The lowest BCUT2D eigenvalue weighted by Crippen LogP contribution is -2.35. The van der Waals surface area contributed by atoms with Crippen LogP contribution in [0, 0.1) is 5.41 Å². The Morgan fingerprint density at radius 3 is 3.00 bits per heavy atom. The van der Waals surface area contributed by atoms with E-state index in [4.69, 9.17) is 19.9 Å². The molecule has 3 N–H and O–H groups in total. The molecule has 1 unspecified atom stereocenters. The number of H-pyrrole nitrogens is 1. The van der Waals surface area contributed by atoms with Crippen LogP contribution in [0.3, 0.4) is 0 Å². The maximum absolute atomic E-state index is 11.4. The van der Waals surface area contributed by atoms with E-state index in [1.54, 1.807) is 6.33 Å². The van der Waals surface area contributed by atoms with Gasteiger partial charge in [0.1, 0.15) is 5.52 Å². The Labute approximate surface area is 189 Å². The normalized spacial score (nSPS) is 17.6. The number of carboxylic acid groups (broad SMARTS) is 1. The quantitative estimate of drug-likeness (QED) is 0.483. The number of rotatable bonds is 5. The molecular weight excluding hydrogens is 488 g/mol. The molecule has 1 atom stereocenters. The fourth-order valence-electron chi connectivity index (χ4n) is 3.93. The third-order valence-electron chi connectivity index (χ3n) is 5.46. The highest BCUT2D eigenvalue weighted by Crippen LogP contribution is 2.42. The first-order chi connectivity index (χ1) is 15.0. The van der Waals surface area contributed by atoms with Gasteiger partial charge >= 0.3 is 6.09 Å². The van der Waals surface area contributed by atoms with Crippen molar-refractivity contribution in [3.8, 4) is 11.5 Å². The number of nitrogens with zero attached hydrogens (tertiary/aromatic N) is 4. The van der Waals surface area contributed by atoms with Crippen LogP contribution < -0.4 is 15.0 Å². The Hall–Kier alpha value is -2.73. The van der Waals surface area contributed by atoms with Gasteiger partial charge in [-0.05, 0) is 47.3 Å². The van der Waals surface area contributed by atoms with E-state index in [-0.39, 0.29) is 18.3 Å². The van der Waals surface area contributed by atoms with Gasteiger partial charge in [0.2, 0.25) is 6.79 Å². The largest absolute Gasteiger partial charge is 0.465 e. The summed E-state index contributed by atoms with van der Waals surface area (Å²) in [5.41, 5.74) is 1.28. The van der Waals surface area contributed by atoms with Crippen LogP contribution in [0.25, 0.3) is 11.2 Å². The highest BCUT2D eigenvalue weighted by atomic mass is 79.9. The van der Waals surface area contributed by atoms with Crippen LogP contribution in [0.1, 0.15) is 19.3 Å². The molecule has 3 aromatic rings. The number of aryl methyl sites for hydroxylation is 1. The molecule has 162 valence electrons. The number of likely N-dealkylation sites (tertiary alicyclic amines) is 1. The van der Waals surface area contributed by atoms with Gasteiger partial charge in [-0.3, -0.25) is 5.41 Å². The fraction of sp³-hybridized carbons (Fsp3) is 0.368. The van der Waals surface area contributed by atoms with Crippen molar-refractivity contribution < 1.29 is 19.4 Å². The van der Waals surface area contributed by atoms with Gasteiger partial charge in [0.25, 0.3) is 0 Å². The second kappa shape index (κ2) is 8.08. The minimum atomic E-state index is -0.870. The zero-order valence-corrected chi connectivity index (χ0v) is 18.7. The lowest BCUT2D eigenvalue weighted by molar-refractivity contribution is 0.137. The number of aromatic amines is 1. The molecule has 2 aliphatic heterocycles. The highest BCUT2D eigenvalue weighted by molar-refractivity contribution is 9.10. The van der Waals surface area contributed by atoms with E-state index >= 15 is 0 Å². The van der Waals surface area contributed by atoms with Gasteiger partial charge in [-0.25, -0.2) is 14.8 Å². The summed E-state index contributed by atoms with van der Waals surface area (Å²) in [5.74, 6) is 1.37. The summed E-state index contributed by atoms with van der Waals surface area (Å²) in [4.78, 5) is 25.8. The van der Waals surface area contributed by atoms with E-state index in [1.807, 2.05) is 16.7 Å². The SMILES string of the molecule is N=c1ncn(CCC2CCCN2C(=O)O)c2nc(Sc3cc4c(cc3Br)OCO4)[nH]c12. The molecule has 0 saturated carbocycles. The number of benzene rings is 1. The van der Waals surface area contributed by atoms with E-state index in [0.29, 0.717) is 47.3 Å². The highest BCUT2D eigenvalue weighted by Gasteiger charge is 2.28. The minimum Gasteiger partial charge on any atom is -0.465 e. The molecule has 1 amide bonds. The zero-order chi connectivity index (χ0) is 21.5. The third-order valence-corrected chi connectivity index (χ3v) is 7.32. The minimum absolute atomic E-state index is 0.00639. The molecular formula is C19H19BrN6O4S. The predicted octanol–water partition coefficient (Wildman–Crippen LogP) is 3.41. The molecule has 0 spiro atoms. The topological polar surface area (TPSA) is 129 Å². The van der Waals surface area contributed by atoms with Crippen LogP contribution in [0.4, 0.5) is 4.79 Å². The van der Waals surface area contributed by atoms with Crippen molar-refractivity contribution in [2.75, 3.05) is 13.3 Å². The van der Waals surface area contributed by atoms with Crippen molar-refractivity contribution in [2.45, 2.75) is 41.9 Å². The summed E-state index contributed by atoms with van der Waals surface area (Å²) in [6.45, 7) is 1.35. The summed E-state index contributed by atoms with van der Waals surface area (Å²) < 4.78 is 13.6. The first-order valence-electron chi connectivity index (χ1n) is 9.76. The number of fused-ring (bicyclic) bond motifs is 2. The standard InChI is InChI=1S/C19H19BrN6O4S/c20-11-6-12-13(30-9-29-12)7-14(11)31-18-23-15-16(21)22-8-25(17(15)24-18)5-3-10-2-1-4-26(10)19(27)28/h6-8,10,21H,1-5,9H2,(H,23,24)(H,27,28). The van der Waals surface area contributed by atoms with E-state index in [0.717, 1.165) is 22.2 Å². The number of hydrogen-bond acceptors (Lipinski definition) is 7. The summed E-state index contributed by atoms with van der Waals surface area (Å²) in [6.07, 6.45) is 3.14. The number of hydrogen-bond donors (Lipinski definition) is 3. The molecule has 0 radical (unpaired) electrons. The summed E-state index contributed by atoms with van der Waals surface area (Å²) >= 11 is 4.97. The molecule has 5 rings (SSSR count). The second-order valence-corrected chi connectivity index (χ2v) is 9.21. The van der Waals surface area contributed by atoms with Gasteiger partial charge in [-0.2, -0.15) is 0 Å². The Morgan fingerprint density at radius 2 is 2.19 bits per heavy atom. The Kier molecular flexibility index (Phi) is 5.26. The summed E-state index contributed by atoms with van der Waals surface area (Å²) in [6, 6.07) is 3.74. The van der Waals surface area contributed by atoms with Crippen LogP contribution in [0.2, 0.25) is 0 Å². The van der Waals surface area contributed by atoms with E-state index in [9.17, 15) is 9.90 Å². The number of ether oxygens (including phenoxy) is 2. The number of carbonyl (C=O) groups is 1. The summed E-state index contributed by atoms with van der Waals surface area (Å²) in [7, 11) is 0. The van der Waals surface area contributed by atoms with Crippen molar-refractivity contribution in [1.29, 1.82) is 5.41 Å². The number of amides is 1. The average molecular weight is 507 g/mol. The molecule has 1 aromatic carbocycles. The van der Waals surface area contributed by atoms with Gasteiger partial charge in [-0.15, -0.1) is 0 Å². The number of nitrogens with one attached hydrogen (secondary N) is 2. The van der Waals surface area contributed by atoms with E-state index < -0.39 is 6.09 Å². The summed E-state index contributed by atoms with van der Waals surface area (Å²) in [5, 5.41) is 18.1. The molecule has 10 nitrogen and oxygen atoms in total. The van der Waals surface area contributed by atoms with E-state index in [2.05, 4.69) is 25.9 Å². The molecule has 2 aliphatic rings. The van der Waals surface area contributed by atoms with Gasteiger partial charge in [-0.1, -0.05) is 11.8 Å². The molecule has 2 aromatic heterocycles. The lowest BCUT2D eigenvalue weighted by atomic mass is 10.1. The van der Waals surface area contributed by atoms with Crippen LogP contribution in [0.15, 0.2) is 33.0 Å². The van der Waals surface area contributed by atoms with E-state index in [1.165, 1.54) is 16.7 Å². The number of halogens is 1. The smallest absolute Gasteiger partial charge is 0.407 e.